The van der Waals surface area contributed by atoms with Crippen LogP contribution in [0, 0.1) is 0 Å². The lowest BCUT2D eigenvalue weighted by atomic mass is 10.1. The van der Waals surface area contributed by atoms with Crippen LogP contribution in [0.4, 0.5) is 5.69 Å². The van der Waals surface area contributed by atoms with Gasteiger partial charge in [-0.25, -0.2) is 8.42 Å². The van der Waals surface area contributed by atoms with Crippen molar-refractivity contribution in [2.75, 3.05) is 25.1 Å². The molecule has 1 atom stereocenters. The number of methoxy groups -OCH3 is 2. The first-order valence-electron chi connectivity index (χ1n) is 13.3. The first-order chi connectivity index (χ1) is 19.9. The fraction of sp³-hybridized carbons (Fsp3) is 0.333. The minimum absolute atomic E-state index is 0.0604. The summed E-state index contributed by atoms with van der Waals surface area (Å²) in [7, 11) is -1.47. The van der Waals surface area contributed by atoms with Crippen molar-refractivity contribution in [3.05, 3.63) is 82.3 Å². The van der Waals surface area contributed by atoms with Gasteiger partial charge in [0.2, 0.25) is 11.8 Å². The number of anilines is 1. The SMILES string of the molecule is CCC(C(=O)NC(C)C)N(Cc1ccc(Cl)cc1)C(=O)CN(c1ccc(Cl)cc1)S(=O)(=O)c1ccc(OC)c(OC)c1. The first kappa shape index (κ1) is 33.0. The van der Waals surface area contributed by atoms with E-state index in [0.29, 0.717) is 22.2 Å². The van der Waals surface area contributed by atoms with Crippen molar-refractivity contribution >= 4 is 50.7 Å². The monoisotopic (exact) mass is 635 g/mol. The second kappa shape index (κ2) is 14.6. The summed E-state index contributed by atoms with van der Waals surface area (Å²) in [5, 5.41) is 3.79. The second-order valence-electron chi connectivity index (χ2n) is 9.74. The molecule has 0 aliphatic rings. The average Bonchev–Trinajstić information content (AvgIpc) is 2.96. The molecule has 3 aromatic rings. The first-order valence-corrected chi connectivity index (χ1v) is 15.5. The molecule has 2 amide bonds. The standard InChI is InChI=1S/C30H35Cl2N3O6S/c1-6-26(30(37)33-20(2)3)34(18-21-7-9-22(31)10-8-21)29(36)19-35(24-13-11-23(32)12-14-24)42(38,39)25-15-16-27(40-4)28(17-25)41-5/h7-17,20,26H,6,18-19H2,1-5H3,(H,33,37). The Hall–Kier alpha value is -3.47. The van der Waals surface area contributed by atoms with Crippen LogP contribution in [0.1, 0.15) is 32.8 Å². The van der Waals surface area contributed by atoms with Crippen molar-refractivity contribution in [2.45, 2.75) is 50.7 Å². The highest BCUT2D eigenvalue weighted by Crippen LogP contribution is 2.33. The Bertz CT molecular complexity index is 1480. The van der Waals surface area contributed by atoms with Crippen molar-refractivity contribution in [1.29, 1.82) is 0 Å². The fourth-order valence-electron chi connectivity index (χ4n) is 4.33. The molecule has 0 fully saturated rings. The zero-order valence-corrected chi connectivity index (χ0v) is 26.5. The molecule has 0 heterocycles. The number of ether oxygens (including phenoxy) is 2. The van der Waals surface area contributed by atoms with Crippen LogP contribution in [-0.4, -0.2) is 58.0 Å². The van der Waals surface area contributed by atoms with E-state index in [-0.39, 0.29) is 34.8 Å². The molecule has 3 aromatic carbocycles. The van der Waals surface area contributed by atoms with Gasteiger partial charge in [-0.05, 0) is 74.4 Å². The van der Waals surface area contributed by atoms with Crippen LogP contribution >= 0.6 is 23.2 Å². The van der Waals surface area contributed by atoms with Crippen LogP contribution in [0.15, 0.2) is 71.6 Å². The van der Waals surface area contributed by atoms with Gasteiger partial charge in [0.1, 0.15) is 12.6 Å². The summed E-state index contributed by atoms with van der Waals surface area (Å²) in [6.45, 7) is 4.92. The number of carbonyl (C=O) groups excluding carboxylic acids is 2. The number of hydrogen-bond donors (Lipinski definition) is 1. The number of benzene rings is 3. The van der Waals surface area contributed by atoms with Crippen LogP contribution in [0.25, 0.3) is 0 Å². The van der Waals surface area contributed by atoms with E-state index < -0.39 is 28.5 Å². The summed E-state index contributed by atoms with van der Waals surface area (Å²) in [5.41, 5.74) is 0.943. The molecule has 226 valence electrons. The number of hydrogen-bond acceptors (Lipinski definition) is 6. The molecule has 0 bridgehead atoms. The van der Waals surface area contributed by atoms with Crippen LogP contribution in [0.3, 0.4) is 0 Å². The third-order valence-electron chi connectivity index (χ3n) is 6.42. The van der Waals surface area contributed by atoms with Gasteiger partial charge < -0.3 is 19.7 Å². The number of carbonyl (C=O) groups is 2. The molecule has 0 saturated carbocycles. The smallest absolute Gasteiger partial charge is 0.264 e. The maximum absolute atomic E-state index is 14.1. The van der Waals surface area contributed by atoms with E-state index in [1.807, 2.05) is 13.8 Å². The largest absolute Gasteiger partial charge is 0.493 e. The molecule has 0 aliphatic heterocycles. The number of amides is 2. The molecule has 0 spiro atoms. The molecule has 0 aromatic heterocycles. The highest BCUT2D eigenvalue weighted by molar-refractivity contribution is 7.92. The predicted octanol–water partition coefficient (Wildman–Crippen LogP) is 5.54. The third kappa shape index (κ3) is 8.08. The lowest BCUT2D eigenvalue weighted by Crippen LogP contribution is -2.53. The van der Waals surface area contributed by atoms with Gasteiger partial charge >= 0.3 is 0 Å². The normalized spacial score (nSPS) is 12.0. The maximum Gasteiger partial charge on any atom is 0.264 e. The summed E-state index contributed by atoms with van der Waals surface area (Å²) in [6.07, 6.45) is 0.307. The summed E-state index contributed by atoms with van der Waals surface area (Å²) in [4.78, 5) is 28.6. The molecule has 9 nitrogen and oxygen atoms in total. The highest BCUT2D eigenvalue weighted by atomic mass is 35.5. The zero-order valence-electron chi connectivity index (χ0n) is 24.1. The molecule has 42 heavy (non-hydrogen) atoms. The van der Waals surface area contributed by atoms with Gasteiger partial charge in [0.25, 0.3) is 10.0 Å². The van der Waals surface area contributed by atoms with Crippen LogP contribution < -0.4 is 19.1 Å². The number of sulfonamides is 1. The van der Waals surface area contributed by atoms with Gasteiger partial charge in [-0.1, -0.05) is 42.3 Å². The Balaban J connectivity index is 2.09. The Kier molecular flexibility index (Phi) is 11.5. The maximum atomic E-state index is 14.1. The van der Waals surface area contributed by atoms with E-state index >= 15 is 0 Å². The van der Waals surface area contributed by atoms with Crippen molar-refractivity contribution in [2.24, 2.45) is 0 Å². The van der Waals surface area contributed by atoms with E-state index in [2.05, 4.69) is 5.32 Å². The van der Waals surface area contributed by atoms with Gasteiger partial charge in [0, 0.05) is 28.7 Å². The van der Waals surface area contributed by atoms with Crippen molar-refractivity contribution < 1.29 is 27.5 Å². The zero-order chi connectivity index (χ0) is 31.0. The Labute approximate surface area is 257 Å². The minimum atomic E-state index is -4.31. The quantitative estimate of drug-likeness (QED) is 0.264. The lowest BCUT2D eigenvalue weighted by Gasteiger charge is -2.33. The summed E-state index contributed by atoms with van der Waals surface area (Å²) >= 11 is 12.1. The lowest BCUT2D eigenvalue weighted by molar-refractivity contribution is -0.140. The van der Waals surface area contributed by atoms with Crippen LogP contribution in [0.5, 0.6) is 11.5 Å². The summed E-state index contributed by atoms with van der Waals surface area (Å²) < 4.78 is 39.7. The Morgan fingerprint density at radius 1 is 0.881 bits per heavy atom. The van der Waals surface area contributed by atoms with Crippen molar-refractivity contribution in [3.8, 4) is 11.5 Å². The molecule has 1 N–H and O–H groups in total. The Morgan fingerprint density at radius 3 is 1.98 bits per heavy atom. The minimum Gasteiger partial charge on any atom is -0.493 e. The van der Waals surface area contributed by atoms with Gasteiger partial charge in [-0.15, -0.1) is 0 Å². The predicted molar refractivity (Wildman–Crippen MR) is 165 cm³/mol. The molecular weight excluding hydrogens is 601 g/mol. The molecule has 0 saturated heterocycles. The average molecular weight is 637 g/mol. The third-order valence-corrected chi connectivity index (χ3v) is 8.69. The van der Waals surface area contributed by atoms with Gasteiger partial charge in [0.05, 0.1) is 24.8 Å². The van der Waals surface area contributed by atoms with Gasteiger partial charge in [-0.3, -0.25) is 13.9 Å². The molecular formula is C30H35Cl2N3O6S. The number of nitrogens with one attached hydrogen (secondary N) is 1. The van der Waals surface area contributed by atoms with Crippen LogP contribution in [-0.2, 0) is 26.2 Å². The molecule has 3 rings (SSSR count). The highest BCUT2D eigenvalue weighted by Gasteiger charge is 2.34. The number of halogens is 2. The van der Waals surface area contributed by atoms with E-state index in [1.165, 1.54) is 61.6 Å². The topological polar surface area (TPSA) is 105 Å². The summed E-state index contributed by atoms with van der Waals surface area (Å²) in [6, 6.07) is 16.2. The summed E-state index contributed by atoms with van der Waals surface area (Å²) in [5.74, 6) is -0.353. The molecule has 0 aliphatic carbocycles. The van der Waals surface area contributed by atoms with Crippen molar-refractivity contribution in [3.63, 3.8) is 0 Å². The fourth-order valence-corrected chi connectivity index (χ4v) is 6.01. The van der Waals surface area contributed by atoms with E-state index in [9.17, 15) is 18.0 Å². The van der Waals surface area contributed by atoms with Crippen LogP contribution in [0.2, 0.25) is 10.0 Å². The second-order valence-corrected chi connectivity index (χ2v) is 12.5. The Morgan fingerprint density at radius 2 is 1.45 bits per heavy atom. The molecule has 12 heteroatoms. The van der Waals surface area contributed by atoms with E-state index in [1.54, 1.807) is 31.2 Å². The molecule has 1 unspecified atom stereocenters. The van der Waals surface area contributed by atoms with Gasteiger partial charge in [0.15, 0.2) is 11.5 Å². The van der Waals surface area contributed by atoms with Gasteiger partial charge in [-0.2, -0.15) is 0 Å². The van der Waals surface area contributed by atoms with Crippen molar-refractivity contribution in [1.82, 2.24) is 10.2 Å². The van der Waals surface area contributed by atoms with E-state index in [4.69, 9.17) is 32.7 Å². The van der Waals surface area contributed by atoms with E-state index in [0.717, 1.165) is 9.87 Å². The number of rotatable bonds is 13. The molecule has 0 radical (unpaired) electrons. The number of nitrogens with zero attached hydrogens (tertiary/aromatic N) is 2.